The number of halogens is 1. The summed E-state index contributed by atoms with van der Waals surface area (Å²) in [7, 11) is 0. The average molecular weight is 359 g/mol. The van der Waals surface area contributed by atoms with Crippen LogP contribution in [0.15, 0.2) is 53.5 Å². The molecule has 2 aromatic rings. The number of carbonyl (C=O) groups is 2. The second-order valence-corrected chi connectivity index (χ2v) is 6.55. The van der Waals surface area contributed by atoms with Crippen LogP contribution in [0, 0.1) is 0 Å². The summed E-state index contributed by atoms with van der Waals surface area (Å²) in [6.07, 6.45) is 4.24. The van der Waals surface area contributed by atoms with Crippen LogP contribution in [0.4, 0.5) is 0 Å². The molecule has 0 bridgehead atoms. The first-order chi connectivity index (χ1) is 12.1. The first-order valence-electron chi connectivity index (χ1n) is 8.33. The van der Waals surface area contributed by atoms with Crippen molar-refractivity contribution in [1.29, 1.82) is 0 Å². The third-order valence-corrected chi connectivity index (χ3v) is 4.61. The van der Waals surface area contributed by atoms with Crippen molar-refractivity contribution in [2.75, 3.05) is 13.1 Å². The summed E-state index contributed by atoms with van der Waals surface area (Å²) in [5.74, 6) is -0.751. The van der Waals surface area contributed by atoms with E-state index in [1.165, 1.54) is 18.3 Å². The largest absolute Gasteiger partial charge is 0.340 e. The molecule has 0 saturated carbocycles. The molecule has 2 heterocycles. The monoisotopic (exact) mass is 358 g/mol. The quantitative estimate of drug-likeness (QED) is 0.623. The van der Waals surface area contributed by atoms with Gasteiger partial charge >= 0.3 is 0 Å². The summed E-state index contributed by atoms with van der Waals surface area (Å²) in [6.45, 7) is 1.21. The fourth-order valence-electron chi connectivity index (χ4n) is 3.08. The maximum atomic E-state index is 13.1. The summed E-state index contributed by atoms with van der Waals surface area (Å²) < 4.78 is 1.15. The SMILES string of the molecule is O=C(c1ccccc1)C(C(=O)N1CCCCC1)n1cc(Cl)ccc1=O. The number of aromatic nitrogens is 1. The van der Waals surface area contributed by atoms with Gasteiger partial charge in [-0.05, 0) is 25.3 Å². The van der Waals surface area contributed by atoms with E-state index < -0.39 is 17.4 Å². The molecular weight excluding hydrogens is 340 g/mol. The normalized spacial score (nSPS) is 15.6. The Balaban J connectivity index is 2.04. The number of amides is 1. The Hall–Kier alpha value is -2.40. The predicted molar refractivity (Wildman–Crippen MR) is 96.0 cm³/mol. The highest BCUT2D eigenvalue weighted by Crippen LogP contribution is 2.20. The van der Waals surface area contributed by atoms with Crippen LogP contribution >= 0.6 is 11.6 Å². The van der Waals surface area contributed by atoms with E-state index in [4.69, 9.17) is 11.6 Å². The highest BCUT2D eigenvalue weighted by molar-refractivity contribution is 6.30. The first kappa shape index (κ1) is 17.4. The summed E-state index contributed by atoms with van der Waals surface area (Å²) >= 11 is 6.01. The van der Waals surface area contributed by atoms with Crippen LogP contribution in [0.25, 0.3) is 0 Å². The number of rotatable bonds is 4. The van der Waals surface area contributed by atoms with Crippen molar-refractivity contribution in [3.63, 3.8) is 0 Å². The van der Waals surface area contributed by atoms with Crippen molar-refractivity contribution in [3.8, 4) is 0 Å². The molecule has 5 nitrogen and oxygen atoms in total. The van der Waals surface area contributed by atoms with Gasteiger partial charge in [-0.1, -0.05) is 41.9 Å². The van der Waals surface area contributed by atoms with Gasteiger partial charge in [0, 0.05) is 30.9 Å². The average Bonchev–Trinajstić information content (AvgIpc) is 2.66. The highest BCUT2D eigenvalue weighted by atomic mass is 35.5. The van der Waals surface area contributed by atoms with E-state index in [-0.39, 0.29) is 5.91 Å². The van der Waals surface area contributed by atoms with Crippen LogP contribution in [-0.2, 0) is 4.79 Å². The minimum absolute atomic E-state index is 0.303. The Labute approximate surface area is 150 Å². The van der Waals surface area contributed by atoms with Gasteiger partial charge in [0.05, 0.1) is 5.02 Å². The number of pyridine rings is 1. The fraction of sp³-hybridized carbons (Fsp3) is 0.316. The van der Waals surface area contributed by atoms with Gasteiger partial charge in [0.25, 0.3) is 11.5 Å². The Morgan fingerprint density at radius 2 is 1.64 bits per heavy atom. The van der Waals surface area contributed by atoms with Crippen LogP contribution in [0.2, 0.25) is 5.02 Å². The lowest BCUT2D eigenvalue weighted by atomic mass is 10.0. The van der Waals surface area contributed by atoms with Gasteiger partial charge < -0.3 is 4.90 Å². The zero-order valence-electron chi connectivity index (χ0n) is 13.7. The molecule has 0 aliphatic carbocycles. The van der Waals surface area contributed by atoms with E-state index in [2.05, 4.69) is 0 Å². The van der Waals surface area contributed by atoms with E-state index in [1.54, 1.807) is 35.2 Å². The van der Waals surface area contributed by atoms with Gasteiger partial charge in [-0.15, -0.1) is 0 Å². The van der Waals surface area contributed by atoms with Crippen molar-refractivity contribution < 1.29 is 9.59 Å². The van der Waals surface area contributed by atoms with Crippen molar-refractivity contribution in [2.45, 2.75) is 25.3 Å². The number of piperidine rings is 1. The molecule has 1 saturated heterocycles. The number of ketones is 1. The molecule has 0 N–H and O–H groups in total. The van der Waals surface area contributed by atoms with E-state index >= 15 is 0 Å². The maximum Gasteiger partial charge on any atom is 0.253 e. The second-order valence-electron chi connectivity index (χ2n) is 6.11. The Morgan fingerprint density at radius 3 is 2.32 bits per heavy atom. The summed E-state index contributed by atoms with van der Waals surface area (Å²) in [5.41, 5.74) is -0.0335. The fourth-order valence-corrected chi connectivity index (χ4v) is 3.25. The van der Waals surface area contributed by atoms with Crippen LogP contribution in [0.3, 0.4) is 0 Å². The van der Waals surface area contributed by atoms with Crippen LogP contribution in [0.1, 0.15) is 35.7 Å². The molecule has 1 aliphatic rings. The Morgan fingerprint density at radius 1 is 0.960 bits per heavy atom. The first-order valence-corrected chi connectivity index (χ1v) is 8.71. The lowest BCUT2D eigenvalue weighted by Crippen LogP contribution is -2.45. The molecule has 1 atom stereocenters. The number of hydrogen-bond donors (Lipinski definition) is 0. The zero-order chi connectivity index (χ0) is 17.8. The molecule has 1 amide bonds. The Kier molecular flexibility index (Phi) is 5.34. The van der Waals surface area contributed by atoms with Crippen molar-refractivity contribution in [2.24, 2.45) is 0 Å². The van der Waals surface area contributed by atoms with E-state index in [9.17, 15) is 14.4 Å². The molecule has 6 heteroatoms. The number of carbonyl (C=O) groups excluding carboxylic acids is 2. The predicted octanol–water partition coefficient (Wildman–Crippen LogP) is 2.94. The van der Waals surface area contributed by atoms with Crippen molar-refractivity contribution in [1.82, 2.24) is 9.47 Å². The van der Waals surface area contributed by atoms with Crippen LogP contribution in [0.5, 0.6) is 0 Å². The smallest absolute Gasteiger partial charge is 0.253 e. The van der Waals surface area contributed by atoms with E-state index in [0.717, 1.165) is 23.8 Å². The number of nitrogens with zero attached hydrogens (tertiary/aromatic N) is 2. The van der Waals surface area contributed by atoms with Crippen molar-refractivity contribution in [3.05, 3.63) is 69.6 Å². The van der Waals surface area contributed by atoms with Crippen molar-refractivity contribution >= 4 is 23.3 Å². The molecule has 0 radical (unpaired) electrons. The minimum atomic E-state index is -1.23. The molecule has 3 rings (SSSR count). The van der Waals surface area contributed by atoms with Gasteiger partial charge in [0.1, 0.15) is 0 Å². The number of likely N-dealkylation sites (tertiary alicyclic amines) is 1. The summed E-state index contributed by atoms with van der Waals surface area (Å²) in [4.78, 5) is 40.1. The number of Topliss-reactive ketones (excluding diaryl/α,β-unsaturated/α-hetero) is 1. The van der Waals surface area contributed by atoms with E-state index in [0.29, 0.717) is 23.7 Å². The molecular formula is C19H19ClN2O3. The molecule has 25 heavy (non-hydrogen) atoms. The van der Waals surface area contributed by atoms with Gasteiger partial charge in [0.15, 0.2) is 11.8 Å². The summed E-state index contributed by atoms with van der Waals surface area (Å²) in [6, 6.07) is 10.1. The maximum absolute atomic E-state index is 13.1. The molecule has 1 fully saturated rings. The number of hydrogen-bond acceptors (Lipinski definition) is 3. The summed E-state index contributed by atoms with van der Waals surface area (Å²) in [5, 5.41) is 0.303. The number of benzene rings is 1. The molecule has 0 spiro atoms. The third kappa shape index (κ3) is 3.82. The highest BCUT2D eigenvalue weighted by Gasteiger charge is 2.34. The molecule has 130 valence electrons. The molecule has 1 aliphatic heterocycles. The molecule has 1 unspecified atom stereocenters. The zero-order valence-corrected chi connectivity index (χ0v) is 14.5. The lowest BCUT2D eigenvalue weighted by molar-refractivity contribution is -0.134. The third-order valence-electron chi connectivity index (χ3n) is 4.39. The van der Waals surface area contributed by atoms with E-state index in [1.807, 2.05) is 0 Å². The molecule has 1 aromatic carbocycles. The van der Waals surface area contributed by atoms with Gasteiger partial charge in [-0.2, -0.15) is 0 Å². The topological polar surface area (TPSA) is 59.4 Å². The van der Waals surface area contributed by atoms with Gasteiger partial charge in [-0.25, -0.2) is 0 Å². The second kappa shape index (κ2) is 7.66. The van der Waals surface area contributed by atoms with Crippen LogP contribution in [-0.4, -0.2) is 34.2 Å². The minimum Gasteiger partial charge on any atom is -0.340 e. The van der Waals surface area contributed by atoms with Gasteiger partial charge in [0.2, 0.25) is 0 Å². The molecule has 1 aromatic heterocycles. The Bertz CT molecular complexity index is 826. The van der Waals surface area contributed by atoms with Gasteiger partial charge in [-0.3, -0.25) is 19.0 Å². The standard InChI is InChI=1S/C19H19ClN2O3/c20-15-9-10-16(23)22(13-15)17(18(24)14-7-3-1-4-8-14)19(25)21-11-5-2-6-12-21/h1,3-4,7-10,13,17H,2,5-6,11-12H2. The van der Waals surface area contributed by atoms with Crippen LogP contribution < -0.4 is 5.56 Å². The lowest BCUT2D eigenvalue weighted by Gasteiger charge is -2.30.